The Kier molecular flexibility index (Phi) is 3.83. The minimum absolute atomic E-state index is 0.00394. The predicted octanol–water partition coefficient (Wildman–Crippen LogP) is 3.67. The summed E-state index contributed by atoms with van der Waals surface area (Å²) in [5.74, 6) is 0.118. The first kappa shape index (κ1) is 13.7. The highest BCUT2D eigenvalue weighted by Crippen LogP contribution is 2.45. The Bertz CT molecular complexity index is 540. The van der Waals surface area contributed by atoms with E-state index in [0.717, 1.165) is 36.1 Å². The van der Waals surface area contributed by atoms with Crippen LogP contribution in [0.1, 0.15) is 43.0 Å². The first-order valence-electron chi connectivity index (χ1n) is 7.14. The molecule has 0 amide bonds. The number of fused-ring (bicyclic) bond motifs is 2. The zero-order chi connectivity index (χ0) is 14.1. The molecular weight excluding hydrogens is 272 g/mol. The molecule has 0 unspecified atom stereocenters. The average molecular weight is 290 g/mol. The summed E-state index contributed by atoms with van der Waals surface area (Å²) in [4.78, 5) is 25.1. The number of Topliss-reactive ketones (excluding diaryl/α,β-unsaturated/α-hetero) is 1. The first-order chi connectivity index (χ1) is 9.66. The molecule has 1 aromatic rings. The number of hydrogen-bond donors (Lipinski definition) is 0. The number of benzene rings is 1. The van der Waals surface area contributed by atoms with Crippen LogP contribution >= 0.6 is 11.8 Å². The molecule has 0 bridgehead atoms. The molecule has 2 aliphatic rings. The number of ether oxygens (including phenoxy) is 1. The van der Waals surface area contributed by atoms with Crippen molar-refractivity contribution in [3.63, 3.8) is 0 Å². The Labute approximate surface area is 123 Å². The van der Waals surface area contributed by atoms with Gasteiger partial charge in [-0.2, -0.15) is 0 Å². The van der Waals surface area contributed by atoms with E-state index >= 15 is 0 Å². The number of thioether (sulfide) groups is 1. The number of esters is 1. The van der Waals surface area contributed by atoms with E-state index in [1.165, 1.54) is 18.7 Å². The molecule has 1 saturated carbocycles. The second-order valence-electron chi connectivity index (χ2n) is 5.51. The van der Waals surface area contributed by atoms with Crippen molar-refractivity contribution in [1.29, 1.82) is 0 Å². The molecule has 4 heteroatoms. The minimum Gasteiger partial charge on any atom is -0.451 e. The molecule has 0 radical (unpaired) electrons. The van der Waals surface area contributed by atoms with Crippen LogP contribution in [-0.4, -0.2) is 17.2 Å². The molecule has 3 nitrogen and oxygen atoms in total. The summed E-state index contributed by atoms with van der Waals surface area (Å²) in [6.07, 6.45) is 4.08. The SMILES string of the molecule is CC(=O)O[C@@H]1Sc2ccccc2C(=O)[C@H]2CCCC[C@@H]12. The monoisotopic (exact) mass is 290 g/mol. The fourth-order valence-electron chi connectivity index (χ4n) is 3.27. The molecule has 20 heavy (non-hydrogen) atoms. The first-order valence-corrected chi connectivity index (χ1v) is 8.02. The molecule has 0 spiro atoms. The summed E-state index contributed by atoms with van der Waals surface area (Å²) in [5.41, 5.74) is 0.564. The fraction of sp³-hybridized carbons (Fsp3) is 0.500. The van der Waals surface area contributed by atoms with E-state index in [2.05, 4.69) is 0 Å². The van der Waals surface area contributed by atoms with Crippen LogP contribution in [0, 0.1) is 11.8 Å². The Morgan fingerprint density at radius 2 is 2.00 bits per heavy atom. The van der Waals surface area contributed by atoms with Gasteiger partial charge in [-0.25, -0.2) is 0 Å². The lowest BCUT2D eigenvalue weighted by Gasteiger charge is -2.33. The van der Waals surface area contributed by atoms with Gasteiger partial charge in [0.1, 0.15) is 0 Å². The molecular formula is C16H18O3S. The highest BCUT2D eigenvalue weighted by Gasteiger charge is 2.42. The van der Waals surface area contributed by atoms with Gasteiger partial charge in [-0.15, -0.1) is 0 Å². The van der Waals surface area contributed by atoms with Gasteiger partial charge >= 0.3 is 5.97 Å². The maximum absolute atomic E-state index is 12.7. The molecule has 3 rings (SSSR count). The van der Waals surface area contributed by atoms with Gasteiger partial charge in [0, 0.05) is 29.2 Å². The van der Waals surface area contributed by atoms with Gasteiger partial charge in [0.15, 0.2) is 11.2 Å². The van der Waals surface area contributed by atoms with E-state index in [1.54, 1.807) is 0 Å². The summed E-state index contributed by atoms with van der Waals surface area (Å²) in [6.45, 7) is 1.44. The number of rotatable bonds is 1. The van der Waals surface area contributed by atoms with Crippen LogP contribution < -0.4 is 0 Å². The molecule has 0 aromatic heterocycles. The third kappa shape index (κ3) is 2.49. The van der Waals surface area contributed by atoms with Crippen molar-refractivity contribution >= 4 is 23.5 Å². The lowest BCUT2D eigenvalue weighted by molar-refractivity contribution is -0.145. The van der Waals surface area contributed by atoms with Crippen molar-refractivity contribution in [2.45, 2.75) is 42.9 Å². The van der Waals surface area contributed by atoms with E-state index in [9.17, 15) is 9.59 Å². The smallest absolute Gasteiger partial charge is 0.303 e. The maximum Gasteiger partial charge on any atom is 0.303 e. The quantitative estimate of drug-likeness (QED) is 0.740. The summed E-state index contributed by atoms with van der Waals surface area (Å²) >= 11 is 1.53. The van der Waals surface area contributed by atoms with Crippen molar-refractivity contribution in [1.82, 2.24) is 0 Å². The van der Waals surface area contributed by atoms with E-state index in [0.29, 0.717) is 0 Å². The van der Waals surface area contributed by atoms with Crippen LogP contribution in [-0.2, 0) is 9.53 Å². The predicted molar refractivity (Wildman–Crippen MR) is 77.6 cm³/mol. The lowest BCUT2D eigenvalue weighted by atomic mass is 9.76. The van der Waals surface area contributed by atoms with Gasteiger partial charge in [0.25, 0.3) is 0 Å². The van der Waals surface area contributed by atoms with Gasteiger partial charge in [-0.3, -0.25) is 9.59 Å². The Morgan fingerprint density at radius 3 is 2.80 bits per heavy atom. The van der Waals surface area contributed by atoms with Crippen LogP contribution in [0.25, 0.3) is 0 Å². The number of ketones is 1. The zero-order valence-electron chi connectivity index (χ0n) is 11.5. The van der Waals surface area contributed by atoms with Gasteiger partial charge in [0.05, 0.1) is 0 Å². The van der Waals surface area contributed by atoms with Crippen molar-refractivity contribution < 1.29 is 14.3 Å². The molecule has 1 aliphatic carbocycles. The van der Waals surface area contributed by atoms with Crippen molar-refractivity contribution in [3.05, 3.63) is 29.8 Å². The second kappa shape index (κ2) is 5.60. The molecule has 1 heterocycles. The summed E-state index contributed by atoms with van der Waals surface area (Å²) in [6, 6.07) is 7.68. The van der Waals surface area contributed by atoms with E-state index in [1.807, 2.05) is 24.3 Å². The Balaban J connectivity index is 2.01. The summed E-state index contributed by atoms with van der Waals surface area (Å²) in [7, 11) is 0. The molecule has 0 saturated heterocycles. The van der Waals surface area contributed by atoms with Crippen LogP contribution in [0.5, 0.6) is 0 Å². The Morgan fingerprint density at radius 1 is 1.25 bits per heavy atom. The average Bonchev–Trinajstić information content (AvgIpc) is 2.56. The van der Waals surface area contributed by atoms with Crippen LogP contribution in [0.3, 0.4) is 0 Å². The van der Waals surface area contributed by atoms with Crippen LogP contribution in [0.15, 0.2) is 29.2 Å². The number of hydrogen-bond acceptors (Lipinski definition) is 4. The third-order valence-corrected chi connectivity index (χ3v) is 5.47. The molecule has 3 atom stereocenters. The van der Waals surface area contributed by atoms with Gasteiger partial charge in [-0.1, -0.05) is 42.8 Å². The molecule has 106 valence electrons. The highest BCUT2D eigenvalue weighted by molar-refractivity contribution is 8.00. The second-order valence-corrected chi connectivity index (χ2v) is 6.65. The molecule has 1 aromatic carbocycles. The topological polar surface area (TPSA) is 43.4 Å². The zero-order valence-corrected chi connectivity index (χ0v) is 12.3. The van der Waals surface area contributed by atoms with Gasteiger partial charge in [0.2, 0.25) is 0 Å². The van der Waals surface area contributed by atoms with Crippen molar-refractivity contribution in [2.75, 3.05) is 0 Å². The standard InChI is InChI=1S/C16H18O3S/c1-10(17)19-16-12-7-3-2-6-11(12)15(18)13-8-4-5-9-14(13)20-16/h4-5,8-9,11-12,16H,2-3,6-7H2,1H3/t11-,12+,16+/m0/s1. The molecule has 1 fully saturated rings. The van der Waals surface area contributed by atoms with E-state index in [-0.39, 0.29) is 29.0 Å². The largest absolute Gasteiger partial charge is 0.451 e. The summed E-state index contributed by atoms with van der Waals surface area (Å²) in [5, 5.41) is 0. The van der Waals surface area contributed by atoms with Crippen LogP contribution in [0.4, 0.5) is 0 Å². The van der Waals surface area contributed by atoms with Crippen LogP contribution in [0.2, 0.25) is 0 Å². The molecule has 1 aliphatic heterocycles. The number of carbonyl (C=O) groups excluding carboxylic acids is 2. The number of carbonyl (C=O) groups is 2. The normalized spacial score (nSPS) is 29.1. The Hall–Kier alpha value is -1.29. The lowest BCUT2D eigenvalue weighted by Crippen LogP contribution is -2.34. The van der Waals surface area contributed by atoms with Gasteiger partial charge in [-0.05, 0) is 18.9 Å². The van der Waals surface area contributed by atoms with Crippen molar-refractivity contribution in [3.8, 4) is 0 Å². The minimum atomic E-state index is -0.265. The summed E-state index contributed by atoms with van der Waals surface area (Å²) < 4.78 is 5.52. The third-order valence-electron chi connectivity index (χ3n) is 4.18. The maximum atomic E-state index is 12.7. The van der Waals surface area contributed by atoms with Crippen molar-refractivity contribution in [2.24, 2.45) is 11.8 Å². The highest BCUT2D eigenvalue weighted by atomic mass is 32.2. The van der Waals surface area contributed by atoms with E-state index in [4.69, 9.17) is 4.74 Å². The van der Waals surface area contributed by atoms with E-state index < -0.39 is 0 Å². The van der Waals surface area contributed by atoms with Gasteiger partial charge < -0.3 is 4.74 Å². The fourth-order valence-corrected chi connectivity index (χ4v) is 4.66. The molecule has 0 N–H and O–H groups in total.